The number of hydrogen-bond donors (Lipinski definition) is 1. The Hall–Kier alpha value is -3.54. The smallest absolute Gasteiger partial charge is 0.332 e. The predicted octanol–water partition coefficient (Wildman–Crippen LogP) is 3.47. The lowest BCUT2D eigenvalue weighted by atomic mass is 9.98. The van der Waals surface area contributed by atoms with Gasteiger partial charge in [0.05, 0.1) is 18.2 Å². The first kappa shape index (κ1) is 18.8. The van der Waals surface area contributed by atoms with E-state index in [4.69, 9.17) is 4.74 Å². The maximum atomic E-state index is 13.1. The van der Waals surface area contributed by atoms with Gasteiger partial charge in [-0.15, -0.1) is 0 Å². The molecule has 0 fully saturated rings. The molecule has 0 spiro atoms. The van der Waals surface area contributed by atoms with Crippen LogP contribution in [0.25, 0.3) is 33.4 Å². The van der Waals surface area contributed by atoms with Gasteiger partial charge in [0.15, 0.2) is 0 Å². The average Bonchev–Trinajstić information content (AvgIpc) is 3.17. The molecule has 0 aliphatic heterocycles. The largest absolute Gasteiger partial charge is 0.497 e. The van der Waals surface area contributed by atoms with Crippen molar-refractivity contribution in [3.63, 3.8) is 0 Å². The van der Waals surface area contributed by atoms with Crippen molar-refractivity contribution in [2.24, 2.45) is 14.1 Å². The Morgan fingerprint density at radius 3 is 2.10 bits per heavy atom. The summed E-state index contributed by atoms with van der Waals surface area (Å²) < 4.78 is 7.90. The van der Waals surface area contributed by atoms with Crippen molar-refractivity contribution >= 4 is 11.0 Å². The minimum absolute atomic E-state index is 0.318. The van der Waals surface area contributed by atoms with Crippen molar-refractivity contribution in [3.8, 4) is 28.1 Å². The maximum Gasteiger partial charge on any atom is 0.332 e. The molecule has 4 aromatic rings. The molecule has 4 rings (SSSR count). The van der Waals surface area contributed by atoms with Crippen molar-refractivity contribution in [2.45, 2.75) is 13.3 Å². The fourth-order valence-corrected chi connectivity index (χ4v) is 3.69. The number of hydrogen-bond acceptors (Lipinski definition) is 3. The van der Waals surface area contributed by atoms with Gasteiger partial charge in [0.25, 0.3) is 5.56 Å². The zero-order valence-corrected chi connectivity index (χ0v) is 16.9. The SMILES string of the molecule is CCc1ccc(-c2[nH]c3c(c2-c2ccc(OC)cc2)c(=O)n(C)c(=O)n3C)cc1. The normalized spacial score (nSPS) is 11.2. The lowest BCUT2D eigenvalue weighted by molar-refractivity contribution is 0.415. The molecule has 0 saturated carbocycles. The van der Waals surface area contributed by atoms with Crippen LogP contribution in [0.4, 0.5) is 0 Å². The van der Waals surface area contributed by atoms with Gasteiger partial charge in [-0.2, -0.15) is 0 Å². The molecule has 29 heavy (non-hydrogen) atoms. The molecule has 0 atom stereocenters. The summed E-state index contributed by atoms with van der Waals surface area (Å²) >= 11 is 0. The molecule has 0 bridgehead atoms. The number of rotatable bonds is 4. The molecule has 0 aliphatic carbocycles. The second-order valence-electron chi connectivity index (χ2n) is 7.08. The predicted molar refractivity (Wildman–Crippen MR) is 116 cm³/mol. The Kier molecular flexibility index (Phi) is 4.62. The van der Waals surface area contributed by atoms with E-state index >= 15 is 0 Å². The third-order valence-electron chi connectivity index (χ3n) is 5.44. The quantitative estimate of drug-likeness (QED) is 0.581. The number of aryl methyl sites for hydroxylation is 2. The van der Waals surface area contributed by atoms with Crippen LogP contribution in [-0.4, -0.2) is 21.2 Å². The Balaban J connectivity index is 2.11. The van der Waals surface area contributed by atoms with E-state index in [1.165, 1.54) is 17.2 Å². The van der Waals surface area contributed by atoms with Crippen LogP contribution < -0.4 is 16.0 Å². The molecule has 0 unspecified atom stereocenters. The van der Waals surface area contributed by atoms with Crippen molar-refractivity contribution < 1.29 is 4.74 Å². The van der Waals surface area contributed by atoms with Crippen LogP contribution in [0.1, 0.15) is 12.5 Å². The summed E-state index contributed by atoms with van der Waals surface area (Å²) in [6, 6.07) is 15.8. The molecule has 0 amide bonds. The topological polar surface area (TPSA) is 69.0 Å². The summed E-state index contributed by atoms with van der Waals surface area (Å²) in [5.74, 6) is 0.739. The highest BCUT2D eigenvalue weighted by atomic mass is 16.5. The van der Waals surface area contributed by atoms with Crippen LogP contribution in [0, 0.1) is 0 Å². The van der Waals surface area contributed by atoms with Crippen LogP contribution in [0.5, 0.6) is 5.75 Å². The monoisotopic (exact) mass is 389 g/mol. The second-order valence-corrected chi connectivity index (χ2v) is 7.08. The van der Waals surface area contributed by atoms with Crippen LogP contribution >= 0.6 is 0 Å². The van der Waals surface area contributed by atoms with Gasteiger partial charge in [0, 0.05) is 19.7 Å². The minimum atomic E-state index is -0.363. The van der Waals surface area contributed by atoms with Gasteiger partial charge in [-0.1, -0.05) is 43.3 Å². The van der Waals surface area contributed by atoms with E-state index in [9.17, 15) is 9.59 Å². The van der Waals surface area contributed by atoms with Gasteiger partial charge in [0.2, 0.25) is 0 Å². The minimum Gasteiger partial charge on any atom is -0.497 e. The average molecular weight is 389 g/mol. The molecule has 2 aromatic carbocycles. The highest BCUT2D eigenvalue weighted by Gasteiger charge is 2.21. The lowest BCUT2D eigenvalue weighted by Crippen LogP contribution is -2.36. The fraction of sp³-hybridized carbons (Fsp3) is 0.217. The number of aromatic nitrogens is 3. The lowest BCUT2D eigenvalue weighted by Gasteiger charge is -2.08. The standard InChI is InChI=1S/C23H23N3O3/c1-5-14-6-8-16(9-7-14)20-18(15-10-12-17(29-4)13-11-15)19-21(24-20)25(2)23(28)26(3)22(19)27/h6-13,24H,5H2,1-4H3. The van der Waals surface area contributed by atoms with Gasteiger partial charge in [-0.3, -0.25) is 13.9 Å². The first-order valence-electron chi connectivity index (χ1n) is 9.51. The van der Waals surface area contributed by atoms with Crippen molar-refractivity contribution in [1.29, 1.82) is 0 Å². The number of nitrogens with one attached hydrogen (secondary N) is 1. The van der Waals surface area contributed by atoms with Crippen molar-refractivity contribution in [1.82, 2.24) is 14.1 Å². The highest BCUT2D eigenvalue weighted by molar-refractivity contribution is 6.02. The molecule has 0 saturated heterocycles. The van der Waals surface area contributed by atoms with Gasteiger partial charge in [-0.05, 0) is 35.2 Å². The van der Waals surface area contributed by atoms with E-state index in [0.29, 0.717) is 11.0 Å². The van der Waals surface area contributed by atoms with E-state index < -0.39 is 0 Å². The number of benzene rings is 2. The molecule has 6 nitrogen and oxygen atoms in total. The van der Waals surface area contributed by atoms with Crippen molar-refractivity contribution in [3.05, 3.63) is 74.9 Å². The first-order valence-corrected chi connectivity index (χ1v) is 9.51. The molecule has 0 aliphatic rings. The highest BCUT2D eigenvalue weighted by Crippen LogP contribution is 2.37. The van der Waals surface area contributed by atoms with E-state index in [0.717, 1.165) is 39.1 Å². The third kappa shape index (κ3) is 2.97. The Bertz CT molecular complexity index is 1310. The number of H-pyrrole nitrogens is 1. The van der Waals surface area contributed by atoms with E-state index in [1.54, 1.807) is 14.2 Å². The molecule has 0 radical (unpaired) electrons. The van der Waals surface area contributed by atoms with E-state index in [-0.39, 0.29) is 11.2 Å². The van der Waals surface area contributed by atoms with Crippen molar-refractivity contribution in [2.75, 3.05) is 7.11 Å². The van der Waals surface area contributed by atoms with E-state index in [2.05, 4.69) is 24.0 Å². The number of nitrogens with zero attached hydrogens (tertiary/aromatic N) is 2. The fourth-order valence-electron chi connectivity index (χ4n) is 3.69. The molecule has 1 N–H and O–H groups in total. The zero-order valence-electron chi connectivity index (χ0n) is 16.9. The van der Waals surface area contributed by atoms with Gasteiger partial charge >= 0.3 is 5.69 Å². The maximum absolute atomic E-state index is 13.1. The number of ether oxygens (including phenoxy) is 1. The summed E-state index contributed by atoms with van der Waals surface area (Å²) in [6.07, 6.45) is 0.952. The van der Waals surface area contributed by atoms with Crippen LogP contribution in [0.3, 0.4) is 0 Å². The zero-order chi connectivity index (χ0) is 20.7. The Morgan fingerprint density at radius 1 is 0.897 bits per heavy atom. The number of aromatic amines is 1. The van der Waals surface area contributed by atoms with Crippen LogP contribution in [0.2, 0.25) is 0 Å². The number of fused-ring (bicyclic) bond motifs is 1. The van der Waals surface area contributed by atoms with Gasteiger partial charge < -0.3 is 9.72 Å². The Morgan fingerprint density at radius 2 is 1.52 bits per heavy atom. The summed E-state index contributed by atoms with van der Waals surface area (Å²) in [7, 11) is 4.79. The molecule has 2 heterocycles. The third-order valence-corrected chi connectivity index (χ3v) is 5.44. The molecule has 148 valence electrons. The van der Waals surface area contributed by atoms with Crippen LogP contribution in [-0.2, 0) is 20.5 Å². The second kappa shape index (κ2) is 7.13. The Labute approximate surface area is 168 Å². The van der Waals surface area contributed by atoms with Gasteiger partial charge in [-0.25, -0.2) is 4.79 Å². The summed E-state index contributed by atoms with van der Waals surface area (Å²) in [6.45, 7) is 2.11. The van der Waals surface area contributed by atoms with E-state index in [1.807, 2.05) is 36.4 Å². The summed E-state index contributed by atoms with van der Waals surface area (Å²) in [5.41, 5.74) is 4.49. The van der Waals surface area contributed by atoms with Gasteiger partial charge in [0.1, 0.15) is 11.4 Å². The van der Waals surface area contributed by atoms with Crippen LogP contribution in [0.15, 0.2) is 58.1 Å². The molecule has 6 heteroatoms. The number of methoxy groups -OCH3 is 1. The summed E-state index contributed by atoms with van der Waals surface area (Å²) in [5, 5.41) is 0.495. The molecular weight excluding hydrogens is 366 g/mol. The first-order chi connectivity index (χ1) is 14.0. The molecular formula is C23H23N3O3. The summed E-state index contributed by atoms with van der Waals surface area (Å²) in [4.78, 5) is 28.9. The molecule has 2 aromatic heterocycles.